The Bertz CT molecular complexity index is 105. The van der Waals surface area contributed by atoms with E-state index in [4.69, 9.17) is 0 Å². The van der Waals surface area contributed by atoms with Crippen LogP contribution in [0.25, 0.3) is 0 Å². The average molecular weight is 329 g/mol. The summed E-state index contributed by atoms with van der Waals surface area (Å²) in [6.45, 7) is 2.06. The first-order valence-electron chi connectivity index (χ1n) is 2.13. The van der Waals surface area contributed by atoms with Gasteiger partial charge in [0.25, 0.3) is 0 Å². The van der Waals surface area contributed by atoms with Gasteiger partial charge in [-0.3, -0.25) is 6.08 Å². The molecule has 1 aliphatic rings. The largest absolute Gasteiger partial charge is 1.00 e. The smallest absolute Gasteiger partial charge is 0 e. The fourth-order valence-electron chi connectivity index (χ4n) is 0.515. The maximum Gasteiger partial charge on any atom is 0 e. The summed E-state index contributed by atoms with van der Waals surface area (Å²) in [6, 6.07) is 0. The van der Waals surface area contributed by atoms with E-state index in [0.29, 0.717) is 0 Å². The van der Waals surface area contributed by atoms with E-state index < -0.39 is 0 Å². The molecule has 0 heterocycles. The summed E-state index contributed by atoms with van der Waals surface area (Å²) in [5.41, 5.74) is 1.27. The number of allylic oxidation sites excluding steroid dienone is 4. The molecular formula is C6H7Cl2Hf-3. The fraction of sp³-hybridized carbons (Fsp3) is 0.333. The summed E-state index contributed by atoms with van der Waals surface area (Å²) in [5, 5.41) is 0. The molecule has 1 aliphatic carbocycles. The molecule has 0 unspecified atom stereocenters. The molecule has 0 bridgehead atoms. The minimum Gasteiger partial charge on any atom is -1.00 e. The molecular weight excluding hydrogens is 321 g/mol. The maximum atomic E-state index is 3.12. The normalized spacial score (nSPS) is 12.3. The zero-order valence-corrected chi connectivity index (χ0v) is 10.2. The standard InChI is InChI=1S/C6H7.2ClH.Hf/c1-6-4-2-3-5-6;;;/h2,4H,3H2,1H3;2*1H;/q-1;;;/p-2. The molecule has 0 radical (unpaired) electrons. The molecule has 0 atom stereocenters. The third kappa shape index (κ3) is 6.82. The van der Waals surface area contributed by atoms with E-state index in [1.54, 1.807) is 0 Å². The van der Waals surface area contributed by atoms with Gasteiger partial charge in [0.1, 0.15) is 0 Å². The summed E-state index contributed by atoms with van der Waals surface area (Å²) in [7, 11) is 0. The van der Waals surface area contributed by atoms with Gasteiger partial charge in [-0.25, -0.2) is 11.6 Å². The summed E-state index contributed by atoms with van der Waals surface area (Å²) in [6.07, 6.45) is 8.33. The molecule has 0 aromatic rings. The van der Waals surface area contributed by atoms with Crippen LogP contribution in [0.15, 0.2) is 17.7 Å². The van der Waals surface area contributed by atoms with Crippen molar-refractivity contribution in [3.05, 3.63) is 23.8 Å². The van der Waals surface area contributed by atoms with Crippen LogP contribution in [0.2, 0.25) is 0 Å². The van der Waals surface area contributed by atoms with E-state index in [-0.39, 0.29) is 50.7 Å². The van der Waals surface area contributed by atoms with Gasteiger partial charge < -0.3 is 24.8 Å². The van der Waals surface area contributed by atoms with Gasteiger partial charge in [0.15, 0.2) is 0 Å². The van der Waals surface area contributed by atoms with E-state index >= 15 is 0 Å². The predicted molar refractivity (Wildman–Crippen MR) is 26.2 cm³/mol. The van der Waals surface area contributed by atoms with Crippen LogP contribution >= 0.6 is 0 Å². The van der Waals surface area contributed by atoms with Crippen molar-refractivity contribution in [3.63, 3.8) is 0 Å². The van der Waals surface area contributed by atoms with Crippen molar-refractivity contribution in [1.29, 1.82) is 0 Å². The molecule has 0 amide bonds. The Kier molecular flexibility index (Phi) is 16.4. The second-order valence-corrected chi connectivity index (χ2v) is 1.47. The number of hydrogen-bond acceptors (Lipinski definition) is 0. The Morgan fingerprint density at radius 1 is 1.44 bits per heavy atom. The Balaban J connectivity index is -0.000000120. The van der Waals surface area contributed by atoms with Crippen LogP contribution < -0.4 is 24.8 Å². The van der Waals surface area contributed by atoms with Crippen molar-refractivity contribution in [3.8, 4) is 0 Å². The van der Waals surface area contributed by atoms with Crippen LogP contribution in [0.1, 0.15) is 13.3 Å². The third-order valence-corrected chi connectivity index (χ3v) is 0.867. The van der Waals surface area contributed by atoms with E-state index in [2.05, 4.69) is 25.2 Å². The molecule has 0 nitrogen and oxygen atoms in total. The van der Waals surface area contributed by atoms with Gasteiger partial charge in [0.2, 0.25) is 0 Å². The molecule has 0 aromatic carbocycles. The molecule has 0 fully saturated rings. The number of halogens is 2. The first-order valence-corrected chi connectivity index (χ1v) is 2.13. The van der Waals surface area contributed by atoms with Gasteiger partial charge in [0, 0.05) is 25.8 Å². The molecule has 0 spiro atoms. The van der Waals surface area contributed by atoms with Gasteiger partial charge in [-0.05, 0) is 0 Å². The van der Waals surface area contributed by atoms with Crippen molar-refractivity contribution in [2.75, 3.05) is 0 Å². The van der Waals surface area contributed by atoms with E-state index in [1.807, 2.05) is 0 Å². The number of hydrogen-bond donors (Lipinski definition) is 0. The molecule has 0 saturated heterocycles. The second-order valence-electron chi connectivity index (χ2n) is 1.47. The van der Waals surface area contributed by atoms with Crippen molar-refractivity contribution in [1.82, 2.24) is 0 Å². The molecule has 52 valence electrons. The van der Waals surface area contributed by atoms with Crippen molar-refractivity contribution >= 4 is 0 Å². The minimum atomic E-state index is 0. The summed E-state index contributed by atoms with van der Waals surface area (Å²) in [4.78, 5) is 0. The predicted octanol–water partition coefficient (Wildman–Crippen LogP) is -4.30. The third-order valence-electron chi connectivity index (χ3n) is 0.867. The average Bonchev–Trinajstić information content (AvgIpc) is 1.86. The molecule has 0 aromatic heterocycles. The van der Waals surface area contributed by atoms with E-state index in [9.17, 15) is 0 Å². The maximum absolute atomic E-state index is 3.12. The Morgan fingerprint density at radius 2 is 2.00 bits per heavy atom. The van der Waals surface area contributed by atoms with Crippen molar-refractivity contribution < 1.29 is 50.7 Å². The minimum absolute atomic E-state index is 0. The molecule has 3 heteroatoms. The van der Waals surface area contributed by atoms with Crippen LogP contribution in [-0.4, -0.2) is 0 Å². The molecule has 0 N–H and O–H groups in total. The topological polar surface area (TPSA) is 0 Å². The number of rotatable bonds is 0. The fourth-order valence-corrected chi connectivity index (χ4v) is 0.515. The SMILES string of the molecule is CC1=[C-]CC=C1.[Cl-].[Cl-].[Hf]. The Hall–Kier alpha value is 0.930. The second kappa shape index (κ2) is 8.93. The van der Waals surface area contributed by atoms with Gasteiger partial charge in [-0.15, -0.1) is 6.42 Å². The quantitative estimate of drug-likeness (QED) is 0.312. The molecule has 1 rings (SSSR count). The summed E-state index contributed by atoms with van der Waals surface area (Å²) < 4.78 is 0. The molecule has 9 heavy (non-hydrogen) atoms. The van der Waals surface area contributed by atoms with Crippen LogP contribution in [0.3, 0.4) is 0 Å². The van der Waals surface area contributed by atoms with Crippen LogP contribution in [0.4, 0.5) is 0 Å². The Labute approximate surface area is 87.4 Å². The van der Waals surface area contributed by atoms with Crippen LogP contribution in [0.5, 0.6) is 0 Å². The van der Waals surface area contributed by atoms with Crippen LogP contribution in [0, 0.1) is 6.08 Å². The van der Waals surface area contributed by atoms with Gasteiger partial charge >= 0.3 is 0 Å². The van der Waals surface area contributed by atoms with Gasteiger partial charge in [-0.2, -0.15) is 6.08 Å². The first-order chi connectivity index (χ1) is 2.89. The van der Waals surface area contributed by atoms with Gasteiger partial charge in [-0.1, -0.05) is 6.92 Å². The van der Waals surface area contributed by atoms with Crippen molar-refractivity contribution in [2.45, 2.75) is 13.3 Å². The zero-order valence-electron chi connectivity index (χ0n) is 5.12. The van der Waals surface area contributed by atoms with Crippen molar-refractivity contribution in [2.24, 2.45) is 0 Å². The molecule has 0 saturated carbocycles. The zero-order chi connectivity index (χ0) is 4.41. The Morgan fingerprint density at radius 3 is 2.11 bits per heavy atom. The summed E-state index contributed by atoms with van der Waals surface area (Å²) in [5.74, 6) is 0. The molecule has 0 aliphatic heterocycles. The van der Waals surface area contributed by atoms with Gasteiger partial charge in [0.05, 0.1) is 0 Å². The van der Waals surface area contributed by atoms with E-state index in [1.165, 1.54) is 5.57 Å². The van der Waals surface area contributed by atoms with Crippen LogP contribution in [-0.2, 0) is 25.8 Å². The monoisotopic (exact) mass is 329 g/mol. The first kappa shape index (κ1) is 16.5. The van der Waals surface area contributed by atoms with E-state index in [0.717, 1.165) is 6.42 Å². The summed E-state index contributed by atoms with van der Waals surface area (Å²) >= 11 is 0.